The van der Waals surface area contributed by atoms with E-state index in [1.807, 2.05) is 0 Å². The van der Waals surface area contributed by atoms with E-state index in [0.717, 1.165) is 47.1 Å². The van der Waals surface area contributed by atoms with Gasteiger partial charge in [0.2, 0.25) is 5.13 Å². The molecule has 216 valence electrons. The van der Waals surface area contributed by atoms with Gasteiger partial charge in [-0.3, -0.25) is 14.9 Å². The largest absolute Gasteiger partial charge is 0.573 e. The van der Waals surface area contributed by atoms with Crippen molar-refractivity contribution >= 4 is 28.3 Å². The number of halogens is 5. The summed E-state index contributed by atoms with van der Waals surface area (Å²) >= 11 is 1.14. The Labute approximate surface area is 228 Å². The number of aryl methyl sites for hydroxylation is 1. The molecule has 3 aromatic rings. The quantitative estimate of drug-likeness (QED) is 0.325. The number of hydrogen-bond donors (Lipinski definition) is 2. The third-order valence-corrected chi connectivity index (χ3v) is 6.59. The van der Waals surface area contributed by atoms with Crippen LogP contribution in [0.1, 0.15) is 46.7 Å². The first kappa shape index (κ1) is 29.3. The Balaban J connectivity index is 1.22. The summed E-state index contributed by atoms with van der Waals surface area (Å²) in [7, 11) is 0. The summed E-state index contributed by atoms with van der Waals surface area (Å²) in [5.74, 6) is -2.56. The second-order valence-corrected chi connectivity index (χ2v) is 9.85. The van der Waals surface area contributed by atoms with Gasteiger partial charge in [0.15, 0.2) is 5.69 Å². The van der Waals surface area contributed by atoms with Crippen molar-refractivity contribution in [1.82, 2.24) is 30.5 Å². The zero-order valence-corrected chi connectivity index (χ0v) is 21.6. The molecule has 0 bridgehead atoms. The number of rotatable bonds is 11. The number of ether oxygens (including phenoxy) is 2. The van der Waals surface area contributed by atoms with Crippen LogP contribution in [0.3, 0.4) is 0 Å². The molecule has 2 amide bonds. The molecule has 2 atom stereocenters. The molecule has 17 heteroatoms. The second kappa shape index (κ2) is 13.1. The van der Waals surface area contributed by atoms with Crippen LogP contribution in [0.25, 0.3) is 0 Å². The van der Waals surface area contributed by atoms with Crippen LogP contribution in [0.5, 0.6) is 5.75 Å². The van der Waals surface area contributed by atoms with E-state index in [1.165, 1.54) is 6.20 Å². The molecule has 2 N–H and O–H groups in total. The lowest BCUT2D eigenvalue weighted by Gasteiger charge is -2.20. The third kappa shape index (κ3) is 8.64. The third-order valence-electron chi connectivity index (χ3n) is 5.69. The lowest BCUT2D eigenvalue weighted by atomic mass is 10.1. The predicted molar refractivity (Wildman–Crippen MR) is 130 cm³/mol. The number of benzene rings is 1. The van der Waals surface area contributed by atoms with Gasteiger partial charge in [-0.05, 0) is 43.9 Å². The molecule has 1 fully saturated rings. The zero-order chi connectivity index (χ0) is 28.7. The van der Waals surface area contributed by atoms with Crippen molar-refractivity contribution < 1.29 is 41.0 Å². The molecule has 40 heavy (non-hydrogen) atoms. The fraction of sp³-hybridized carbons (Fsp3) is 0.478. The van der Waals surface area contributed by atoms with Gasteiger partial charge in [-0.1, -0.05) is 16.6 Å². The molecule has 1 aliphatic rings. The van der Waals surface area contributed by atoms with Gasteiger partial charge in [0.1, 0.15) is 28.8 Å². The SMILES string of the molecule is O=C(NCc1cc(OC(F)(F)F)ccc1F)c1cn(CC(F)CCc2nnc(NC(=O)C3CCCCO3)s2)nn1. The van der Waals surface area contributed by atoms with Crippen molar-refractivity contribution in [3.05, 3.63) is 46.5 Å². The maximum Gasteiger partial charge on any atom is 0.573 e. The molecule has 0 spiro atoms. The van der Waals surface area contributed by atoms with E-state index >= 15 is 0 Å². The molecule has 11 nitrogen and oxygen atoms in total. The highest BCUT2D eigenvalue weighted by Crippen LogP contribution is 2.25. The Morgan fingerprint density at radius 3 is 2.80 bits per heavy atom. The summed E-state index contributed by atoms with van der Waals surface area (Å²) in [4.78, 5) is 24.5. The fourth-order valence-electron chi connectivity index (χ4n) is 3.75. The number of nitrogens with zero attached hydrogens (tertiary/aromatic N) is 5. The highest BCUT2D eigenvalue weighted by molar-refractivity contribution is 7.15. The molecule has 2 unspecified atom stereocenters. The lowest BCUT2D eigenvalue weighted by Crippen LogP contribution is -2.33. The van der Waals surface area contributed by atoms with Gasteiger partial charge in [0.25, 0.3) is 11.8 Å². The number of carbonyl (C=O) groups excluding carboxylic acids is 2. The van der Waals surface area contributed by atoms with Crippen molar-refractivity contribution in [2.45, 2.75) is 63.8 Å². The average molecular weight is 590 g/mol. The standard InChI is InChI=1S/C23H24F5N7O4S/c24-14(4-7-19-32-33-22(40-19)30-21(37)18-3-1-2-8-38-18)11-35-12-17(31-34-35)20(36)29-10-13-9-15(5-6-16(13)25)39-23(26,27)28/h5-6,9,12,14,18H,1-4,7-8,10-11H2,(H,29,36)(H,30,33,37). The number of aromatic nitrogens is 5. The van der Waals surface area contributed by atoms with Crippen LogP contribution in [-0.4, -0.2) is 62.3 Å². The smallest absolute Gasteiger partial charge is 0.406 e. The monoisotopic (exact) mass is 589 g/mol. The molecule has 0 saturated carbocycles. The minimum atomic E-state index is -4.95. The minimum absolute atomic E-state index is 0.0608. The molecule has 1 aliphatic heterocycles. The van der Waals surface area contributed by atoms with E-state index in [0.29, 0.717) is 23.2 Å². The number of nitrogens with one attached hydrogen (secondary N) is 2. The van der Waals surface area contributed by atoms with E-state index in [-0.39, 0.29) is 36.6 Å². The van der Waals surface area contributed by atoms with E-state index in [2.05, 4.69) is 35.9 Å². The van der Waals surface area contributed by atoms with Crippen LogP contribution in [-0.2, 0) is 29.0 Å². The summed E-state index contributed by atoms with van der Waals surface area (Å²) in [6.45, 7) is -0.128. The Kier molecular flexibility index (Phi) is 9.57. The molecule has 0 aliphatic carbocycles. The Bertz CT molecular complexity index is 1310. The second-order valence-electron chi connectivity index (χ2n) is 8.79. The maximum absolute atomic E-state index is 14.6. The molecular weight excluding hydrogens is 565 g/mol. The maximum atomic E-state index is 14.6. The highest BCUT2D eigenvalue weighted by atomic mass is 32.1. The van der Waals surface area contributed by atoms with E-state index < -0.39 is 42.7 Å². The fourth-order valence-corrected chi connectivity index (χ4v) is 4.51. The predicted octanol–water partition coefficient (Wildman–Crippen LogP) is 3.58. The first-order valence-electron chi connectivity index (χ1n) is 12.2. The lowest BCUT2D eigenvalue weighted by molar-refractivity contribution is -0.274. The first-order chi connectivity index (χ1) is 19.1. The van der Waals surface area contributed by atoms with Crippen LogP contribution in [0.15, 0.2) is 24.4 Å². The van der Waals surface area contributed by atoms with Gasteiger partial charge in [-0.2, -0.15) is 0 Å². The van der Waals surface area contributed by atoms with E-state index in [1.54, 1.807) is 0 Å². The van der Waals surface area contributed by atoms with Gasteiger partial charge in [-0.15, -0.1) is 28.5 Å². The number of anilines is 1. The van der Waals surface area contributed by atoms with Crippen LogP contribution < -0.4 is 15.4 Å². The summed E-state index contributed by atoms with van der Waals surface area (Å²) < 4.78 is 76.0. The molecule has 1 saturated heterocycles. The van der Waals surface area contributed by atoms with Crippen molar-refractivity contribution in [2.24, 2.45) is 0 Å². The van der Waals surface area contributed by atoms with Crippen LogP contribution in [0.2, 0.25) is 0 Å². The zero-order valence-electron chi connectivity index (χ0n) is 20.8. The topological polar surface area (TPSA) is 133 Å². The van der Waals surface area contributed by atoms with Gasteiger partial charge >= 0.3 is 6.36 Å². The summed E-state index contributed by atoms with van der Waals surface area (Å²) in [6.07, 6.45) is -2.88. The van der Waals surface area contributed by atoms with E-state index in [4.69, 9.17) is 4.74 Å². The molecule has 4 rings (SSSR count). The molecule has 2 aromatic heterocycles. The molecule has 1 aromatic carbocycles. The Hall–Kier alpha value is -3.73. The van der Waals surface area contributed by atoms with E-state index in [9.17, 15) is 31.5 Å². The van der Waals surface area contributed by atoms with Crippen molar-refractivity contribution in [1.29, 1.82) is 0 Å². The van der Waals surface area contributed by atoms with Crippen LogP contribution in [0, 0.1) is 5.82 Å². The molecular formula is C23H24F5N7O4S. The average Bonchev–Trinajstić information content (AvgIpc) is 3.57. The summed E-state index contributed by atoms with van der Waals surface area (Å²) in [5.41, 5.74) is -0.435. The van der Waals surface area contributed by atoms with Gasteiger partial charge in [0.05, 0.1) is 12.7 Å². The van der Waals surface area contributed by atoms with Crippen LogP contribution in [0.4, 0.5) is 27.1 Å². The van der Waals surface area contributed by atoms with Gasteiger partial charge in [0, 0.05) is 25.1 Å². The van der Waals surface area contributed by atoms with Crippen molar-refractivity contribution in [3.63, 3.8) is 0 Å². The number of amides is 2. The van der Waals surface area contributed by atoms with Crippen molar-refractivity contribution in [3.8, 4) is 5.75 Å². The Morgan fingerprint density at radius 1 is 1.23 bits per heavy atom. The minimum Gasteiger partial charge on any atom is -0.406 e. The highest BCUT2D eigenvalue weighted by Gasteiger charge is 2.31. The summed E-state index contributed by atoms with van der Waals surface area (Å²) in [5, 5.41) is 21.0. The number of hydrogen-bond acceptors (Lipinski definition) is 9. The van der Waals surface area contributed by atoms with Gasteiger partial charge < -0.3 is 14.8 Å². The number of carbonyl (C=O) groups is 2. The molecule has 3 heterocycles. The normalized spacial score (nSPS) is 16.4. The Morgan fingerprint density at radius 2 is 2.05 bits per heavy atom. The van der Waals surface area contributed by atoms with Crippen molar-refractivity contribution in [2.75, 3.05) is 11.9 Å². The summed E-state index contributed by atoms with van der Waals surface area (Å²) in [6, 6.07) is 2.40. The molecule has 0 radical (unpaired) electrons. The van der Waals surface area contributed by atoms with Gasteiger partial charge in [-0.25, -0.2) is 13.5 Å². The van der Waals surface area contributed by atoms with Crippen LogP contribution >= 0.6 is 11.3 Å². The number of alkyl halides is 4. The first-order valence-corrected chi connectivity index (χ1v) is 13.0.